The number of nitro groups is 1. The normalized spacial score (nSPS) is 11.2. The van der Waals surface area contributed by atoms with E-state index in [2.05, 4.69) is 16.2 Å². The number of hydrazine groups is 1. The van der Waals surface area contributed by atoms with Gasteiger partial charge in [-0.1, -0.05) is 0 Å². The minimum absolute atomic E-state index is 0.0468. The number of hydrogen-bond acceptors (Lipinski definition) is 5. The quantitative estimate of drug-likeness (QED) is 0.417. The Morgan fingerprint density at radius 2 is 1.77 bits per heavy atom. The summed E-state index contributed by atoms with van der Waals surface area (Å²) in [6.07, 6.45) is -0.852. The lowest BCUT2D eigenvalue weighted by Gasteiger charge is -2.16. The number of rotatable bonds is 5. The largest absolute Gasteiger partial charge is 0.481 e. The van der Waals surface area contributed by atoms with Gasteiger partial charge < -0.3 is 10.1 Å². The van der Waals surface area contributed by atoms with Crippen molar-refractivity contribution in [3.63, 3.8) is 0 Å². The second-order valence-electron chi connectivity index (χ2n) is 5.09. The van der Waals surface area contributed by atoms with Gasteiger partial charge in [0, 0.05) is 17.8 Å². The van der Waals surface area contributed by atoms with Gasteiger partial charge in [-0.15, -0.1) is 0 Å². The predicted octanol–water partition coefficient (Wildman–Crippen LogP) is 2.52. The van der Waals surface area contributed by atoms with Crippen molar-refractivity contribution in [1.29, 1.82) is 0 Å². The Kier molecular flexibility index (Phi) is 6.39. The molecule has 0 spiro atoms. The van der Waals surface area contributed by atoms with Crippen LogP contribution in [0.1, 0.15) is 6.92 Å². The molecule has 26 heavy (non-hydrogen) atoms. The summed E-state index contributed by atoms with van der Waals surface area (Å²) >= 11 is 5.02. The number of amides is 1. The number of carbonyl (C=O) groups excluding carboxylic acids is 1. The molecule has 0 bridgehead atoms. The molecule has 1 amide bonds. The SMILES string of the molecule is C[C@H](Oc1ccc(F)cc1)C(=O)NNC(=S)Nc1ccc([N+](=O)[O-])cc1. The van der Waals surface area contributed by atoms with Crippen LogP contribution >= 0.6 is 12.2 Å². The van der Waals surface area contributed by atoms with Crippen LogP contribution in [0.2, 0.25) is 0 Å². The molecule has 0 aromatic heterocycles. The molecule has 0 saturated heterocycles. The van der Waals surface area contributed by atoms with E-state index in [0.717, 1.165) is 0 Å². The minimum atomic E-state index is -0.852. The van der Waals surface area contributed by atoms with Crippen molar-refractivity contribution < 1.29 is 18.8 Å². The molecule has 2 rings (SSSR count). The van der Waals surface area contributed by atoms with E-state index in [0.29, 0.717) is 11.4 Å². The summed E-state index contributed by atoms with van der Waals surface area (Å²) in [4.78, 5) is 22.0. The summed E-state index contributed by atoms with van der Waals surface area (Å²) in [5.41, 5.74) is 5.32. The zero-order valence-corrected chi connectivity index (χ0v) is 14.4. The maximum atomic E-state index is 12.8. The molecule has 0 aliphatic rings. The van der Waals surface area contributed by atoms with E-state index < -0.39 is 22.8 Å². The highest BCUT2D eigenvalue weighted by atomic mass is 32.1. The van der Waals surface area contributed by atoms with Crippen LogP contribution in [0.5, 0.6) is 5.75 Å². The number of halogens is 1. The van der Waals surface area contributed by atoms with E-state index in [9.17, 15) is 19.3 Å². The maximum Gasteiger partial charge on any atom is 0.279 e. The van der Waals surface area contributed by atoms with Crippen LogP contribution in [0.25, 0.3) is 0 Å². The molecule has 8 nitrogen and oxygen atoms in total. The predicted molar refractivity (Wildman–Crippen MR) is 97.1 cm³/mol. The van der Waals surface area contributed by atoms with Crippen LogP contribution in [0.3, 0.4) is 0 Å². The molecule has 0 radical (unpaired) electrons. The first-order chi connectivity index (χ1) is 12.3. The van der Waals surface area contributed by atoms with Crippen molar-refractivity contribution in [1.82, 2.24) is 10.9 Å². The van der Waals surface area contributed by atoms with Gasteiger partial charge in [0.25, 0.3) is 11.6 Å². The van der Waals surface area contributed by atoms with Gasteiger partial charge in [-0.05, 0) is 55.5 Å². The number of carbonyl (C=O) groups is 1. The Labute approximate surface area is 153 Å². The molecule has 1 atom stereocenters. The van der Waals surface area contributed by atoms with Crippen LogP contribution < -0.4 is 20.9 Å². The molecular formula is C16H15FN4O4S. The van der Waals surface area contributed by atoms with Crippen molar-refractivity contribution in [3.8, 4) is 5.75 Å². The van der Waals surface area contributed by atoms with E-state index in [-0.39, 0.29) is 10.8 Å². The molecule has 2 aromatic carbocycles. The number of anilines is 1. The second-order valence-corrected chi connectivity index (χ2v) is 5.49. The molecular weight excluding hydrogens is 363 g/mol. The number of benzene rings is 2. The molecule has 3 N–H and O–H groups in total. The standard InChI is InChI=1S/C16H15FN4O4S/c1-10(25-14-8-2-11(17)3-9-14)15(22)19-20-16(26)18-12-4-6-13(7-5-12)21(23)24/h2-10H,1H3,(H,19,22)(H2,18,20,26)/t10-/m0/s1. The molecule has 10 heteroatoms. The van der Waals surface area contributed by atoms with Crippen LogP contribution in [-0.2, 0) is 4.79 Å². The first-order valence-corrected chi connectivity index (χ1v) is 7.79. The maximum absolute atomic E-state index is 12.8. The van der Waals surface area contributed by atoms with Crippen molar-refractivity contribution in [3.05, 3.63) is 64.5 Å². The fraction of sp³-hybridized carbons (Fsp3) is 0.125. The van der Waals surface area contributed by atoms with Crippen LogP contribution in [0.4, 0.5) is 15.8 Å². The van der Waals surface area contributed by atoms with Crippen molar-refractivity contribution in [2.45, 2.75) is 13.0 Å². The number of nitro benzene ring substituents is 1. The Balaban J connectivity index is 1.79. The zero-order chi connectivity index (χ0) is 19.1. The molecule has 0 aliphatic carbocycles. The number of thiocarbonyl (C=S) groups is 1. The highest BCUT2D eigenvalue weighted by molar-refractivity contribution is 7.80. The summed E-state index contributed by atoms with van der Waals surface area (Å²) in [6, 6.07) is 10.9. The lowest BCUT2D eigenvalue weighted by atomic mass is 10.3. The van der Waals surface area contributed by atoms with Gasteiger partial charge in [0.05, 0.1) is 4.92 Å². The third-order valence-corrected chi connectivity index (χ3v) is 3.34. The van der Waals surface area contributed by atoms with E-state index >= 15 is 0 Å². The van der Waals surface area contributed by atoms with E-state index in [4.69, 9.17) is 17.0 Å². The molecule has 0 saturated carbocycles. The van der Waals surface area contributed by atoms with Gasteiger partial charge in [-0.25, -0.2) is 4.39 Å². The minimum Gasteiger partial charge on any atom is -0.481 e. The third kappa shape index (κ3) is 5.67. The third-order valence-electron chi connectivity index (χ3n) is 3.13. The number of nitrogens with zero attached hydrogens (tertiary/aromatic N) is 1. The number of hydrogen-bond donors (Lipinski definition) is 3. The van der Waals surface area contributed by atoms with Crippen LogP contribution in [0.15, 0.2) is 48.5 Å². The second kappa shape index (κ2) is 8.72. The first kappa shape index (κ1) is 19.1. The Morgan fingerprint density at radius 3 is 2.35 bits per heavy atom. The first-order valence-electron chi connectivity index (χ1n) is 7.38. The lowest BCUT2D eigenvalue weighted by molar-refractivity contribution is -0.384. The van der Waals surface area contributed by atoms with Gasteiger partial charge in [0.2, 0.25) is 0 Å². The van der Waals surface area contributed by atoms with Crippen LogP contribution in [-0.4, -0.2) is 22.0 Å². The summed E-state index contributed by atoms with van der Waals surface area (Å²) in [7, 11) is 0. The van der Waals surface area contributed by atoms with Gasteiger partial charge in [-0.3, -0.25) is 25.8 Å². The molecule has 0 heterocycles. The van der Waals surface area contributed by atoms with E-state index in [1.165, 1.54) is 55.5 Å². The topological polar surface area (TPSA) is 106 Å². The molecule has 0 fully saturated rings. The Hall–Kier alpha value is -3.27. The number of non-ortho nitro benzene ring substituents is 1. The summed E-state index contributed by atoms with van der Waals surface area (Å²) in [5, 5.41) is 13.4. The Bertz CT molecular complexity index is 799. The molecule has 136 valence electrons. The van der Waals surface area contributed by atoms with Gasteiger partial charge in [0.15, 0.2) is 11.2 Å². The van der Waals surface area contributed by atoms with Gasteiger partial charge in [-0.2, -0.15) is 0 Å². The highest BCUT2D eigenvalue weighted by Crippen LogP contribution is 2.15. The summed E-state index contributed by atoms with van der Waals surface area (Å²) < 4.78 is 18.2. The van der Waals surface area contributed by atoms with Crippen molar-refractivity contribution in [2.24, 2.45) is 0 Å². The smallest absolute Gasteiger partial charge is 0.279 e. The monoisotopic (exact) mass is 378 g/mol. The fourth-order valence-electron chi connectivity index (χ4n) is 1.82. The Morgan fingerprint density at radius 1 is 1.15 bits per heavy atom. The van der Waals surface area contributed by atoms with Crippen molar-refractivity contribution in [2.75, 3.05) is 5.32 Å². The number of nitrogens with one attached hydrogen (secondary N) is 3. The molecule has 0 aliphatic heterocycles. The lowest BCUT2D eigenvalue weighted by Crippen LogP contribution is -2.48. The molecule has 0 unspecified atom stereocenters. The average molecular weight is 378 g/mol. The highest BCUT2D eigenvalue weighted by Gasteiger charge is 2.15. The van der Waals surface area contributed by atoms with Crippen molar-refractivity contribution >= 4 is 34.6 Å². The van der Waals surface area contributed by atoms with E-state index in [1.54, 1.807) is 0 Å². The average Bonchev–Trinajstić information content (AvgIpc) is 2.62. The number of ether oxygens (including phenoxy) is 1. The van der Waals surface area contributed by atoms with E-state index in [1.807, 2.05) is 0 Å². The zero-order valence-electron chi connectivity index (χ0n) is 13.6. The van der Waals surface area contributed by atoms with Crippen LogP contribution in [0, 0.1) is 15.9 Å². The molecule has 2 aromatic rings. The fourth-order valence-corrected chi connectivity index (χ4v) is 1.99. The van der Waals surface area contributed by atoms with Gasteiger partial charge in [0.1, 0.15) is 11.6 Å². The summed E-state index contributed by atoms with van der Waals surface area (Å²) in [5.74, 6) is -0.554. The summed E-state index contributed by atoms with van der Waals surface area (Å²) in [6.45, 7) is 1.52. The van der Waals surface area contributed by atoms with Gasteiger partial charge >= 0.3 is 0 Å².